The Kier molecular flexibility index (Phi) is 6.83. The molecule has 3 N–H and O–H groups in total. The number of amides is 1. The summed E-state index contributed by atoms with van der Waals surface area (Å²) in [4.78, 5) is 12.4. The number of hydrogen-bond donors (Lipinski definition) is 2. The first-order valence-corrected chi connectivity index (χ1v) is 8.92. The molecule has 0 spiro atoms. The van der Waals surface area contributed by atoms with E-state index in [4.69, 9.17) is 11.6 Å². The van der Waals surface area contributed by atoms with Gasteiger partial charge in [-0.25, -0.2) is 0 Å². The summed E-state index contributed by atoms with van der Waals surface area (Å²) >= 11 is 6.03. The van der Waals surface area contributed by atoms with Crippen molar-refractivity contribution in [2.75, 3.05) is 11.9 Å². The second kappa shape index (κ2) is 8.86. The molecule has 0 bridgehead atoms. The van der Waals surface area contributed by atoms with Crippen molar-refractivity contribution in [3.63, 3.8) is 0 Å². The third-order valence-electron chi connectivity index (χ3n) is 4.29. The number of para-hydroxylation sites is 1. The molecule has 128 valence electrons. The molecule has 2 aromatic carbocycles. The van der Waals surface area contributed by atoms with Crippen LogP contribution in [0.1, 0.15) is 43.5 Å². The lowest BCUT2D eigenvalue weighted by Gasteiger charge is -2.15. The van der Waals surface area contributed by atoms with E-state index in [-0.39, 0.29) is 11.9 Å². The fourth-order valence-corrected chi connectivity index (χ4v) is 3.00. The SMILES string of the molecule is CCc1cccc(CC)c1NC(=O)C[NH2+][C@@H](C)c1cccc(Cl)c1. The number of anilines is 1. The predicted molar refractivity (Wildman–Crippen MR) is 100 cm³/mol. The zero-order valence-corrected chi connectivity index (χ0v) is 15.4. The number of aryl methyl sites for hydroxylation is 2. The third-order valence-corrected chi connectivity index (χ3v) is 4.53. The van der Waals surface area contributed by atoms with Crippen molar-refractivity contribution < 1.29 is 10.1 Å². The first-order valence-electron chi connectivity index (χ1n) is 8.54. The Hall–Kier alpha value is -1.84. The van der Waals surface area contributed by atoms with Gasteiger partial charge in [0.25, 0.3) is 5.91 Å². The van der Waals surface area contributed by atoms with Crippen LogP contribution in [-0.2, 0) is 17.6 Å². The van der Waals surface area contributed by atoms with E-state index in [2.05, 4.69) is 44.3 Å². The average molecular weight is 346 g/mol. The summed E-state index contributed by atoms with van der Waals surface area (Å²) in [5.74, 6) is 0.0273. The maximum atomic E-state index is 12.4. The molecule has 0 unspecified atom stereocenters. The fraction of sp³-hybridized carbons (Fsp3) is 0.350. The maximum Gasteiger partial charge on any atom is 0.279 e. The van der Waals surface area contributed by atoms with E-state index in [0.29, 0.717) is 6.54 Å². The summed E-state index contributed by atoms with van der Waals surface area (Å²) in [7, 11) is 0. The fourth-order valence-electron chi connectivity index (χ4n) is 2.80. The first-order chi connectivity index (χ1) is 11.5. The molecule has 0 aliphatic heterocycles. The van der Waals surface area contributed by atoms with Crippen LogP contribution in [0.15, 0.2) is 42.5 Å². The van der Waals surface area contributed by atoms with Crippen LogP contribution < -0.4 is 10.6 Å². The number of carbonyl (C=O) groups excluding carboxylic acids is 1. The summed E-state index contributed by atoms with van der Waals surface area (Å²) in [6.07, 6.45) is 1.82. The summed E-state index contributed by atoms with van der Waals surface area (Å²) < 4.78 is 0. The molecule has 0 aliphatic carbocycles. The van der Waals surface area contributed by atoms with E-state index in [1.54, 1.807) is 0 Å². The van der Waals surface area contributed by atoms with Crippen molar-refractivity contribution in [3.05, 3.63) is 64.2 Å². The molecule has 3 nitrogen and oxygen atoms in total. The maximum absolute atomic E-state index is 12.4. The van der Waals surface area contributed by atoms with Crippen molar-refractivity contribution in [2.24, 2.45) is 0 Å². The van der Waals surface area contributed by atoms with Crippen LogP contribution in [0.5, 0.6) is 0 Å². The molecule has 0 radical (unpaired) electrons. The van der Waals surface area contributed by atoms with E-state index < -0.39 is 0 Å². The number of carbonyl (C=O) groups is 1. The Labute approximate surface area is 149 Å². The van der Waals surface area contributed by atoms with Crippen molar-refractivity contribution in [1.82, 2.24) is 0 Å². The molecule has 0 saturated carbocycles. The molecule has 0 heterocycles. The summed E-state index contributed by atoms with van der Waals surface area (Å²) in [6, 6.07) is 14.2. The van der Waals surface area contributed by atoms with Gasteiger partial charge in [-0.05, 0) is 43.0 Å². The van der Waals surface area contributed by atoms with Gasteiger partial charge in [0, 0.05) is 16.3 Å². The van der Waals surface area contributed by atoms with Crippen LogP contribution in [0.25, 0.3) is 0 Å². The molecule has 4 heteroatoms. The average Bonchev–Trinajstić information content (AvgIpc) is 2.59. The smallest absolute Gasteiger partial charge is 0.279 e. The minimum absolute atomic E-state index is 0.0273. The molecule has 2 rings (SSSR count). The van der Waals surface area contributed by atoms with Crippen LogP contribution in [0.3, 0.4) is 0 Å². The highest BCUT2D eigenvalue weighted by molar-refractivity contribution is 6.30. The number of nitrogens with one attached hydrogen (secondary N) is 1. The number of hydrogen-bond acceptors (Lipinski definition) is 1. The van der Waals surface area contributed by atoms with Crippen LogP contribution in [0, 0.1) is 0 Å². The lowest BCUT2D eigenvalue weighted by atomic mass is 10.0. The van der Waals surface area contributed by atoms with Gasteiger partial charge < -0.3 is 10.6 Å². The summed E-state index contributed by atoms with van der Waals surface area (Å²) in [6.45, 7) is 6.68. The van der Waals surface area contributed by atoms with Gasteiger partial charge in [0.1, 0.15) is 6.04 Å². The zero-order valence-electron chi connectivity index (χ0n) is 14.6. The first kappa shape index (κ1) is 18.5. The largest absolute Gasteiger partial charge is 0.333 e. The van der Waals surface area contributed by atoms with Gasteiger partial charge in [-0.1, -0.05) is 55.8 Å². The highest BCUT2D eigenvalue weighted by Crippen LogP contribution is 2.22. The number of halogens is 1. The van der Waals surface area contributed by atoms with Crippen LogP contribution >= 0.6 is 11.6 Å². The molecule has 1 amide bonds. The van der Waals surface area contributed by atoms with Crippen LogP contribution in [0.2, 0.25) is 5.02 Å². The molecular formula is C20H26ClN2O+. The lowest BCUT2D eigenvalue weighted by molar-refractivity contribution is -0.682. The van der Waals surface area contributed by atoms with Gasteiger partial charge >= 0.3 is 0 Å². The molecule has 2 aromatic rings. The van der Waals surface area contributed by atoms with Gasteiger partial charge in [-0.2, -0.15) is 0 Å². The molecule has 1 atom stereocenters. The third kappa shape index (κ3) is 4.83. The minimum atomic E-state index is 0.0273. The monoisotopic (exact) mass is 345 g/mol. The van der Waals surface area contributed by atoms with Crippen LogP contribution in [0.4, 0.5) is 5.69 Å². The zero-order chi connectivity index (χ0) is 17.5. The van der Waals surface area contributed by atoms with Crippen molar-refractivity contribution >= 4 is 23.2 Å². The van der Waals surface area contributed by atoms with Gasteiger partial charge in [0.15, 0.2) is 6.54 Å². The highest BCUT2D eigenvalue weighted by atomic mass is 35.5. The van der Waals surface area contributed by atoms with Gasteiger partial charge in [0.2, 0.25) is 0 Å². The second-order valence-electron chi connectivity index (χ2n) is 5.99. The van der Waals surface area contributed by atoms with E-state index in [1.165, 1.54) is 11.1 Å². The van der Waals surface area contributed by atoms with E-state index in [9.17, 15) is 4.79 Å². The Balaban J connectivity index is 1.99. The van der Waals surface area contributed by atoms with E-state index in [1.807, 2.05) is 29.6 Å². The lowest BCUT2D eigenvalue weighted by Crippen LogP contribution is -2.86. The Morgan fingerprint density at radius 3 is 2.33 bits per heavy atom. The number of rotatable bonds is 7. The van der Waals surface area contributed by atoms with Gasteiger partial charge in [-0.3, -0.25) is 4.79 Å². The predicted octanol–water partition coefficient (Wildman–Crippen LogP) is 3.73. The second-order valence-corrected chi connectivity index (χ2v) is 6.43. The quantitative estimate of drug-likeness (QED) is 0.789. The normalized spacial score (nSPS) is 12.0. The number of nitrogens with two attached hydrogens (primary N) is 1. The van der Waals surface area contributed by atoms with Crippen molar-refractivity contribution in [2.45, 2.75) is 39.7 Å². The van der Waals surface area contributed by atoms with Crippen LogP contribution in [-0.4, -0.2) is 12.5 Å². The minimum Gasteiger partial charge on any atom is -0.333 e. The Bertz CT molecular complexity index is 678. The van der Waals surface area contributed by atoms with Crippen molar-refractivity contribution in [1.29, 1.82) is 0 Å². The molecule has 24 heavy (non-hydrogen) atoms. The molecule has 0 aromatic heterocycles. The molecular weight excluding hydrogens is 320 g/mol. The Morgan fingerprint density at radius 1 is 1.12 bits per heavy atom. The molecule has 0 saturated heterocycles. The van der Waals surface area contributed by atoms with Crippen molar-refractivity contribution in [3.8, 4) is 0 Å². The summed E-state index contributed by atoms with van der Waals surface area (Å²) in [5.41, 5.74) is 4.48. The summed E-state index contributed by atoms with van der Waals surface area (Å²) in [5, 5.41) is 5.86. The topological polar surface area (TPSA) is 45.7 Å². The van der Waals surface area contributed by atoms with E-state index >= 15 is 0 Å². The molecule has 0 aliphatic rings. The Morgan fingerprint density at radius 2 is 1.75 bits per heavy atom. The highest BCUT2D eigenvalue weighted by Gasteiger charge is 2.14. The van der Waals surface area contributed by atoms with Gasteiger partial charge in [0.05, 0.1) is 0 Å². The van der Waals surface area contributed by atoms with E-state index in [0.717, 1.165) is 29.1 Å². The van der Waals surface area contributed by atoms with Gasteiger partial charge in [-0.15, -0.1) is 0 Å². The number of benzene rings is 2. The molecule has 0 fully saturated rings. The standard InChI is InChI=1S/C20H25ClN2O/c1-4-15-8-6-9-16(5-2)20(15)23-19(24)13-22-14(3)17-10-7-11-18(21)12-17/h6-12,14,22H,4-5,13H2,1-3H3,(H,23,24)/p+1/t14-/m0/s1. The number of quaternary nitrogens is 1.